The van der Waals surface area contributed by atoms with Crippen LogP contribution in [-0.4, -0.2) is 21.3 Å². The number of cyclic esters (lactones) is 1. The Balaban J connectivity index is 2.05. The summed E-state index contributed by atoms with van der Waals surface area (Å²) in [6.45, 7) is 0. The number of rotatable bonds is 1. The highest BCUT2D eigenvalue weighted by Crippen LogP contribution is 2.41. The molecule has 102 valence electrons. The zero-order valence-electron chi connectivity index (χ0n) is 10.4. The van der Waals surface area contributed by atoms with Crippen LogP contribution in [0.1, 0.15) is 33.7 Å². The molecule has 0 fully saturated rings. The number of phenols is 2. The van der Waals surface area contributed by atoms with E-state index >= 15 is 0 Å². The van der Waals surface area contributed by atoms with Crippen LogP contribution in [0.15, 0.2) is 42.5 Å². The van der Waals surface area contributed by atoms with Crippen LogP contribution in [0.3, 0.4) is 0 Å². The van der Waals surface area contributed by atoms with Crippen molar-refractivity contribution in [1.82, 2.24) is 0 Å². The predicted octanol–water partition coefficient (Wildman–Crippen LogP) is 2.04. The van der Waals surface area contributed by atoms with Crippen molar-refractivity contribution >= 4 is 5.97 Å². The number of phenolic OH excluding ortho intramolecular Hbond substituents is 2. The van der Waals surface area contributed by atoms with Gasteiger partial charge < -0.3 is 20.1 Å². The molecule has 0 aromatic heterocycles. The number of fused-ring (bicyclic) bond motifs is 1. The van der Waals surface area contributed by atoms with Crippen molar-refractivity contribution in [2.75, 3.05) is 0 Å². The van der Waals surface area contributed by atoms with Gasteiger partial charge in [0.15, 0.2) is 6.10 Å². The number of carbonyl (C=O) groups excluding carboxylic acids is 1. The minimum atomic E-state index is -1.07. The van der Waals surface area contributed by atoms with E-state index in [1.165, 1.54) is 18.2 Å². The molecule has 5 nitrogen and oxygen atoms in total. The number of aliphatic hydroxyl groups is 1. The summed E-state index contributed by atoms with van der Waals surface area (Å²) in [5.41, 5.74) is 0.895. The second-order valence-electron chi connectivity index (χ2n) is 4.60. The molecule has 0 saturated carbocycles. The fourth-order valence-electron chi connectivity index (χ4n) is 2.34. The minimum absolute atomic E-state index is 0.00460. The Morgan fingerprint density at radius 3 is 2.40 bits per heavy atom. The maximum absolute atomic E-state index is 12.0. The summed E-state index contributed by atoms with van der Waals surface area (Å²) in [6.07, 6.45) is -1.93. The maximum Gasteiger partial charge on any atom is 0.343 e. The Bertz CT molecular complexity index is 662. The molecule has 1 aliphatic heterocycles. The second-order valence-corrected chi connectivity index (χ2v) is 4.60. The number of benzene rings is 2. The van der Waals surface area contributed by atoms with Crippen molar-refractivity contribution in [1.29, 1.82) is 0 Å². The van der Waals surface area contributed by atoms with E-state index in [4.69, 9.17) is 4.74 Å². The third-order valence-electron chi connectivity index (χ3n) is 3.34. The fourth-order valence-corrected chi connectivity index (χ4v) is 2.34. The average molecular weight is 272 g/mol. The van der Waals surface area contributed by atoms with Gasteiger partial charge in [0.05, 0.1) is 0 Å². The second kappa shape index (κ2) is 4.54. The molecule has 1 aliphatic rings. The van der Waals surface area contributed by atoms with Gasteiger partial charge in [0.2, 0.25) is 0 Å². The quantitative estimate of drug-likeness (QED) is 0.691. The first-order chi connectivity index (χ1) is 9.58. The maximum atomic E-state index is 12.0. The molecule has 0 spiro atoms. The van der Waals surface area contributed by atoms with Crippen molar-refractivity contribution in [2.24, 2.45) is 0 Å². The largest absolute Gasteiger partial charge is 0.508 e. The predicted molar refractivity (Wildman–Crippen MR) is 69.3 cm³/mol. The summed E-state index contributed by atoms with van der Waals surface area (Å²) in [5.74, 6) is -0.805. The standard InChI is InChI=1S/C15H12O5/c16-9-6-4-8(5-7-9)14-13(18)10-2-1-3-11(17)12(10)15(19)20-14/h1-7,13-14,16-18H/t13-,14-/m0/s1. The first kappa shape index (κ1) is 12.5. The van der Waals surface area contributed by atoms with E-state index in [-0.39, 0.29) is 17.1 Å². The van der Waals surface area contributed by atoms with Gasteiger partial charge in [0, 0.05) is 5.56 Å². The number of aromatic hydroxyl groups is 2. The molecule has 0 radical (unpaired) electrons. The van der Waals surface area contributed by atoms with Crippen molar-refractivity contribution < 1.29 is 24.9 Å². The lowest BCUT2D eigenvalue weighted by atomic mass is 9.91. The van der Waals surface area contributed by atoms with Gasteiger partial charge in [0.25, 0.3) is 0 Å². The summed E-state index contributed by atoms with van der Waals surface area (Å²) >= 11 is 0. The molecule has 2 atom stereocenters. The van der Waals surface area contributed by atoms with E-state index in [1.54, 1.807) is 24.3 Å². The molecular formula is C15H12O5. The zero-order valence-corrected chi connectivity index (χ0v) is 10.4. The van der Waals surface area contributed by atoms with Gasteiger partial charge in [-0.05, 0) is 23.8 Å². The third-order valence-corrected chi connectivity index (χ3v) is 3.34. The number of carbonyl (C=O) groups is 1. The molecule has 0 bridgehead atoms. The molecule has 20 heavy (non-hydrogen) atoms. The Morgan fingerprint density at radius 1 is 1.00 bits per heavy atom. The van der Waals surface area contributed by atoms with Gasteiger partial charge in [-0.25, -0.2) is 4.79 Å². The molecule has 1 heterocycles. The molecule has 3 N–H and O–H groups in total. The van der Waals surface area contributed by atoms with E-state index in [0.717, 1.165) is 0 Å². The van der Waals surface area contributed by atoms with Gasteiger partial charge in [0.1, 0.15) is 23.2 Å². The lowest BCUT2D eigenvalue weighted by Crippen LogP contribution is -2.26. The van der Waals surface area contributed by atoms with Crippen molar-refractivity contribution in [2.45, 2.75) is 12.2 Å². The molecule has 0 amide bonds. The van der Waals surface area contributed by atoms with Crippen LogP contribution >= 0.6 is 0 Å². The Kier molecular flexibility index (Phi) is 2.84. The fraction of sp³-hybridized carbons (Fsp3) is 0.133. The highest BCUT2D eigenvalue weighted by Gasteiger charge is 2.37. The summed E-state index contributed by atoms with van der Waals surface area (Å²) in [7, 11) is 0. The minimum Gasteiger partial charge on any atom is -0.508 e. The van der Waals surface area contributed by atoms with E-state index in [2.05, 4.69) is 0 Å². The number of ether oxygens (including phenoxy) is 1. The molecule has 5 heteroatoms. The summed E-state index contributed by atoms with van der Waals surface area (Å²) < 4.78 is 5.20. The average Bonchev–Trinajstić information content (AvgIpc) is 2.44. The van der Waals surface area contributed by atoms with Gasteiger partial charge in [-0.2, -0.15) is 0 Å². The van der Waals surface area contributed by atoms with Gasteiger partial charge in [-0.3, -0.25) is 0 Å². The lowest BCUT2D eigenvalue weighted by Gasteiger charge is -2.30. The van der Waals surface area contributed by atoms with E-state index < -0.39 is 18.2 Å². The molecule has 2 aromatic carbocycles. The highest BCUT2D eigenvalue weighted by molar-refractivity contribution is 5.95. The van der Waals surface area contributed by atoms with Crippen molar-refractivity contribution in [3.63, 3.8) is 0 Å². The highest BCUT2D eigenvalue weighted by atomic mass is 16.6. The topological polar surface area (TPSA) is 87.0 Å². The Morgan fingerprint density at radius 2 is 1.70 bits per heavy atom. The number of esters is 1. The van der Waals surface area contributed by atoms with Crippen molar-refractivity contribution in [3.05, 3.63) is 59.2 Å². The molecular weight excluding hydrogens is 260 g/mol. The number of aliphatic hydroxyl groups excluding tert-OH is 1. The van der Waals surface area contributed by atoms with Crippen LogP contribution in [-0.2, 0) is 4.74 Å². The summed E-state index contributed by atoms with van der Waals surface area (Å²) in [5, 5.41) is 29.3. The van der Waals surface area contributed by atoms with Crippen LogP contribution in [0.5, 0.6) is 11.5 Å². The van der Waals surface area contributed by atoms with E-state index in [0.29, 0.717) is 11.1 Å². The van der Waals surface area contributed by atoms with Crippen LogP contribution in [0.25, 0.3) is 0 Å². The van der Waals surface area contributed by atoms with Gasteiger partial charge in [-0.1, -0.05) is 24.3 Å². The van der Waals surface area contributed by atoms with E-state index in [9.17, 15) is 20.1 Å². The monoisotopic (exact) mass is 272 g/mol. The summed E-state index contributed by atoms with van der Waals surface area (Å²) in [6, 6.07) is 10.6. The molecule has 3 rings (SSSR count). The molecule has 2 aromatic rings. The molecule has 0 unspecified atom stereocenters. The van der Waals surface area contributed by atoms with E-state index in [1.807, 2.05) is 0 Å². The number of hydrogen-bond acceptors (Lipinski definition) is 5. The summed E-state index contributed by atoms with van der Waals surface area (Å²) in [4.78, 5) is 12.0. The number of hydrogen-bond donors (Lipinski definition) is 3. The lowest BCUT2D eigenvalue weighted by molar-refractivity contribution is -0.0310. The zero-order chi connectivity index (χ0) is 14.3. The van der Waals surface area contributed by atoms with Gasteiger partial charge >= 0.3 is 5.97 Å². The SMILES string of the molecule is O=C1O[C@@H](c2ccc(O)cc2)[C@@H](O)c2cccc(O)c21. The molecule has 0 aliphatic carbocycles. The van der Waals surface area contributed by atoms with Crippen molar-refractivity contribution in [3.8, 4) is 11.5 Å². The van der Waals surface area contributed by atoms with Gasteiger partial charge in [-0.15, -0.1) is 0 Å². The normalized spacial score (nSPS) is 21.1. The first-order valence-electron chi connectivity index (χ1n) is 6.08. The first-order valence-corrected chi connectivity index (χ1v) is 6.08. The van der Waals surface area contributed by atoms with Crippen LogP contribution in [0.4, 0.5) is 0 Å². The third kappa shape index (κ3) is 1.88. The van der Waals surface area contributed by atoms with Crippen LogP contribution in [0, 0.1) is 0 Å². The Hall–Kier alpha value is -2.53. The smallest absolute Gasteiger partial charge is 0.343 e. The van der Waals surface area contributed by atoms with Crippen LogP contribution in [0.2, 0.25) is 0 Å². The Labute approximate surface area is 114 Å². The van der Waals surface area contributed by atoms with Crippen LogP contribution < -0.4 is 0 Å². The molecule has 0 saturated heterocycles.